The number of aromatic nitrogens is 4. The molecule has 292 valence electrons. The van der Waals surface area contributed by atoms with Gasteiger partial charge in [0.1, 0.15) is 5.58 Å². The van der Waals surface area contributed by atoms with Crippen LogP contribution in [0, 0.1) is 0 Å². The molecule has 0 amide bonds. The van der Waals surface area contributed by atoms with Gasteiger partial charge in [0.05, 0.1) is 22.1 Å². The van der Waals surface area contributed by atoms with Crippen molar-refractivity contribution < 1.29 is 4.42 Å². The highest BCUT2D eigenvalue weighted by atomic mass is 16.3. The van der Waals surface area contributed by atoms with E-state index >= 15 is 0 Å². The van der Waals surface area contributed by atoms with E-state index in [2.05, 4.69) is 150 Å². The van der Waals surface area contributed by atoms with Gasteiger partial charge in [0.25, 0.3) is 0 Å². The van der Waals surface area contributed by atoms with Crippen molar-refractivity contribution in [3.8, 4) is 62.1 Å². The molecular formula is C58H34N4O. The Labute approximate surface area is 362 Å². The van der Waals surface area contributed by atoms with Crippen molar-refractivity contribution in [2.24, 2.45) is 0 Å². The van der Waals surface area contributed by atoms with Gasteiger partial charge in [-0.05, 0) is 87.0 Å². The first-order valence-electron chi connectivity index (χ1n) is 21.4. The number of hydrogen-bond donors (Lipinski definition) is 0. The predicted octanol–water partition coefficient (Wildman–Crippen LogP) is 14.2. The van der Waals surface area contributed by atoms with Crippen molar-refractivity contribution in [2.45, 2.75) is 5.41 Å². The Morgan fingerprint density at radius 2 is 0.873 bits per heavy atom. The van der Waals surface area contributed by atoms with E-state index in [-0.39, 0.29) is 0 Å². The molecule has 3 heterocycles. The number of fused-ring (bicyclic) bond motifs is 16. The van der Waals surface area contributed by atoms with E-state index < -0.39 is 5.41 Å². The van der Waals surface area contributed by atoms with Crippen molar-refractivity contribution in [1.29, 1.82) is 0 Å². The van der Waals surface area contributed by atoms with Gasteiger partial charge in [0.15, 0.2) is 23.1 Å². The van der Waals surface area contributed by atoms with Crippen LogP contribution >= 0.6 is 0 Å². The van der Waals surface area contributed by atoms with Crippen molar-refractivity contribution in [3.63, 3.8) is 0 Å². The maximum atomic E-state index is 7.16. The fourth-order valence-corrected chi connectivity index (χ4v) is 10.9. The van der Waals surface area contributed by atoms with E-state index in [0.29, 0.717) is 17.5 Å². The minimum Gasteiger partial charge on any atom is -0.454 e. The zero-order valence-corrected chi connectivity index (χ0v) is 33.8. The largest absolute Gasteiger partial charge is 0.454 e. The van der Waals surface area contributed by atoms with Crippen LogP contribution in [0.2, 0.25) is 0 Å². The minimum absolute atomic E-state index is 0.443. The first-order chi connectivity index (χ1) is 31.2. The second kappa shape index (κ2) is 12.8. The van der Waals surface area contributed by atoms with Crippen LogP contribution in [-0.2, 0) is 5.41 Å². The van der Waals surface area contributed by atoms with Gasteiger partial charge in [-0.2, -0.15) is 0 Å². The van der Waals surface area contributed by atoms with Gasteiger partial charge < -0.3 is 8.98 Å². The monoisotopic (exact) mass is 802 g/mol. The molecule has 0 bridgehead atoms. The zero-order chi connectivity index (χ0) is 41.2. The third-order valence-electron chi connectivity index (χ3n) is 13.5. The van der Waals surface area contributed by atoms with Gasteiger partial charge in [-0.1, -0.05) is 164 Å². The number of para-hydroxylation sites is 2. The smallest absolute Gasteiger partial charge is 0.164 e. The Balaban J connectivity index is 0.978. The summed E-state index contributed by atoms with van der Waals surface area (Å²) in [7, 11) is 0. The summed E-state index contributed by atoms with van der Waals surface area (Å²) in [6.07, 6.45) is 0. The molecule has 0 radical (unpaired) electrons. The molecule has 3 aromatic heterocycles. The summed E-state index contributed by atoms with van der Waals surface area (Å²) < 4.78 is 9.52. The van der Waals surface area contributed by atoms with Gasteiger partial charge in [0, 0.05) is 38.2 Å². The van der Waals surface area contributed by atoms with Crippen LogP contribution in [0.15, 0.2) is 211 Å². The molecule has 0 atom stereocenters. The molecule has 14 rings (SSSR count). The van der Waals surface area contributed by atoms with Crippen LogP contribution in [0.4, 0.5) is 0 Å². The number of nitrogens with zero attached hydrogens (tertiary/aromatic N) is 4. The quantitative estimate of drug-likeness (QED) is 0.178. The van der Waals surface area contributed by atoms with Crippen molar-refractivity contribution in [2.75, 3.05) is 0 Å². The van der Waals surface area contributed by atoms with Crippen molar-refractivity contribution in [3.05, 3.63) is 229 Å². The van der Waals surface area contributed by atoms with E-state index in [1.807, 2.05) is 60.7 Å². The molecule has 5 nitrogen and oxygen atoms in total. The van der Waals surface area contributed by atoms with Gasteiger partial charge in [-0.3, -0.25) is 0 Å². The standard InChI is InChI=1S/C58H34N4O/c1-3-16-35(17-4-1)55-59-56(36-18-5-2-6-19-36)61-57(60-55)37-30-31-51-44(32-37)41-23-10-14-28-50(41)62(51)52-29-15-24-42-45-33-43-40-22-9-13-27-48(40)58(49(43)34-53(45)63-54(42)52)46-25-11-7-20-38(46)39-21-8-12-26-47(39)58/h1-34H. The Kier molecular flexibility index (Phi) is 6.97. The van der Waals surface area contributed by atoms with Crippen molar-refractivity contribution >= 4 is 43.7 Å². The predicted molar refractivity (Wildman–Crippen MR) is 254 cm³/mol. The zero-order valence-electron chi connectivity index (χ0n) is 33.8. The maximum absolute atomic E-state index is 7.16. The number of benzene rings is 9. The molecule has 0 saturated carbocycles. The molecule has 2 aliphatic carbocycles. The molecule has 0 N–H and O–H groups in total. The van der Waals surface area contributed by atoms with E-state index in [9.17, 15) is 0 Å². The summed E-state index contributed by atoms with van der Waals surface area (Å²) >= 11 is 0. The molecule has 1 spiro atoms. The highest BCUT2D eigenvalue weighted by molar-refractivity contribution is 6.14. The van der Waals surface area contributed by atoms with Crippen LogP contribution in [0.5, 0.6) is 0 Å². The average molecular weight is 803 g/mol. The van der Waals surface area contributed by atoms with Crippen LogP contribution in [0.25, 0.3) is 106 Å². The Morgan fingerprint density at radius 1 is 0.349 bits per heavy atom. The number of rotatable bonds is 4. The molecule has 0 unspecified atom stereocenters. The SMILES string of the molecule is c1ccc(-c2nc(-c3ccccc3)nc(-c3ccc4c(c3)c3ccccc3n4-c3cccc4c3oc3cc5c(cc34)-c3ccccc3C53c4ccccc4-c4ccccc43)n2)cc1. The lowest BCUT2D eigenvalue weighted by Gasteiger charge is -2.30. The lowest BCUT2D eigenvalue weighted by Crippen LogP contribution is -2.25. The molecule has 5 heteroatoms. The topological polar surface area (TPSA) is 56.7 Å². The first kappa shape index (κ1) is 34.3. The fourth-order valence-electron chi connectivity index (χ4n) is 10.9. The average Bonchev–Trinajstić information content (AvgIpc) is 4.07. The molecule has 63 heavy (non-hydrogen) atoms. The van der Waals surface area contributed by atoms with Crippen LogP contribution in [-0.4, -0.2) is 19.5 Å². The first-order valence-corrected chi connectivity index (χ1v) is 21.4. The summed E-state index contributed by atoms with van der Waals surface area (Å²) in [5.41, 5.74) is 17.6. The van der Waals surface area contributed by atoms with Gasteiger partial charge in [-0.15, -0.1) is 0 Å². The summed E-state index contributed by atoms with van der Waals surface area (Å²) in [5.74, 6) is 1.90. The highest BCUT2D eigenvalue weighted by Gasteiger charge is 2.51. The van der Waals surface area contributed by atoms with Gasteiger partial charge >= 0.3 is 0 Å². The molecule has 2 aliphatic rings. The molecule has 0 saturated heterocycles. The van der Waals surface area contributed by atoms with Gasteiger partial charge in [0.2, 0.25) is 0 Å². The second-order valence-electron chi connectivity index (χ2n) is 16.7. The van der Waals surface area contributed by atoms with Gasteiger partial charge in [-0.25, -0.2) is 15.0 Å². The normalized spacial score (nSPS) is 13.2. The minimum atomic E-state index is -0.443. The fraction of sp³-hybridized carbons (Fsp3) is 0.0172. The molecule has 12 aromatic rings. The number of hydrogen-bond acceptors (Lipinski definition) is 4. The summed E-state index contributed by atoms with van der Waals surface area (Å²) in [6.45, 7) is 0. The Hall–Kier alpha value is -8.41. The Bertz CT molecular complexity index is 3760. The second-order valence-corrected chi connectivity index (χ2v) is 16.7. The molecular weight excluding hydrogens is 769 g/mol. The lowest BCUT2D eigenvalue weighted by molar-refractivity contribution is 0.664. The van der Waals surface area contributed by atoms with Crippen LogP contribution < -0.4 is 0 Å². The van der Waals surface area contributed by atoms with E-state index in [1.54, 1.807) is 0 Å². The highest BCUT2D eigenvalue weighted by Crippen LogP contribution is 2.63. The molecule has 9 aromatic carbocycles. The molecule has 0 fully saturated rings. The van der Waals surface area contributed by atoms with Crippen LogP contribution in [0.1, 0.15) is 22.3 Å². The summed E-state index contributed by atoms with van der Waals surface area (Å²) in [6, 6.07) is 73.5. The number of furan rings is 1. The van der Waals surface area contributed by atoms with Crippen molar-refractivity contribution in [1.82, 2.24) is 19.5 Å². The lowest BCUT2D eigenvalue weighted by atomic mass is 9.70. The molecule has 0 aliphatic heterocycles. The summed E-state index contributed by atoms with van der Waals surface area (Å²) in [5, 5.41) is 4.44. The van der Waals surface area contributed by atoms with Crippen LogP contribution in [0.3, 0.4) is 0 Å². The summed E-state index contributed by atoms with van der Waals surface area (Å²) in [4.78, 5) is 15.1. The maximum Gasteiger partial charge on any atom is 0.164 e. The van der Waals surface area contributed by atoms with E-state index in [1.165, 1.54) is 44.5 Å². The van der Waals surface area contributed by atoms with E-state index in [4.69, 9.17) is 19.4 Å². The third-order valence-corrected chi connectivity index (χ3v) is 13.5. The Morgan fingerprint density at radius 3 is 1.52 bits per heavy atom. The third kappa shape index (κ3) is 4.68. The van der Waals surface area contributed by atoms with E-state index in [0.717, 1.165) is 66.1 Å².